The molecule has 0 spiro atoms. The third kappa shape index (κ3) is 5.94. The molecule has 0 fully saturated rings. The number of carbonyl (C=O) groups is 1. The second-order valence-electron chi connectivity index (χ2n) is 8.68. The van der Waals surface area contributed by atoms with Crippen molar-refractivity contribution in [3.8, 4) is 0 Å². The van der Waals surface area contributed by atoms with E-state index in [1.165, 1.54) is 10.9 Å². The lowest BCUT2D eigenvalue weighted by molar-refractivity contribution is -0.112. The average molecular weight is 399 g/mol. The van der Waals surface area contributed by atoms with E-state index >= 15 is 0 Å². The van der Waals surface area contributed by atoms with Gasteiger partial charge in [0.1, 0.15) is 0 Å². The van der Waals surface area contributed by atoms with E-state index in [0.29, 0.717) is 6.61 Å². The summed E-state index contributed by atoms with van der Waals surface area (Å²) in [5, 5.41) is 4.65. The molecule has 0 amide bonds. The number of hydrogen-bond acceptors (Lipinski definition) is 3. The summed E-state index contributed by atoms with van der Waals surface area (Å²) >= 11 is 0. The molecule has 0 unspecified atom stereocenters. The van der Waals surface area contributed by atoms with Crippen molar-refractivity contribution >= 4 is 31.1 Å². The highest BCUT2D eigenvalue weighted by molar-refractivity contribution is 6.74. The zero-order chi connectivity index (χ0) is 20.8. The lowest BCUT2D eigenvalue weighted by atomic mass is 10.1. The van der Waals surface area contributed by atoms with Crippen molar-refractivity contribution in [1.82, 2.24) is 10.3 Å². The minimum absolute atomic E-state index is 0.0462. The number of fused-ring (bicyclic) bond motifs is 1. The minimum Gasteiger partial charge on any atom is -0.413 e. The van der Waals surface area contributed by atoms with Crippen LogP contribution < -0.4 is 5.32 Å². The molecule has 2 N–H and O–H groups in total. The highest BCUT2D eigenvalue weighted by Gasteiger charge is 2.36. The molecule has 1 aromatic heterocycles. The zero-order valence-corrected chi connectivity index (χ0v) is 19.1. The Bertz CT molecular complexity index is 857. The summed E-state index contributed by atoms with van der Waals surface area (Å²) in [6.45, 7) is 14.3. The van der Waals surface area contributed by atoms with Gasteiger partial charge in [-0.3, -0.25) is 4.79 Å². The molecule has 0 aliphatic carbocycles. The van der Waals surface area contributed by atoms with Crippen LogP contribution in [0.15, 0.2) is 42.6 Å². The lowest BCUT2D eigenvalue weighted by Gasteiger charge is -2.35. The van der Waals surface area contributed by atoms with Crippen LogP contribution in [0.1, 0.15) is 39.0 Å². The Hall–Kier alpha value is -2.11. The Balaban J connectivity index is 2.09. The Labute approximate surface area is 170 Å². The highest BCUT2D eigenvalue weighted by Crippen LogP contribution is 2.36. The van der Waals surface area contributed by atoms with Crippen LogP contribution in [0.3, 0.4) is 0 Å². The molecule has 0 atom stereocenters. The number of aromatic nitrogens is 1. The average Bonchev–Trinajstić information content (AvgIpc) is 2.95. The molecule has 1 heterocycles. The van der Waals surface area contributed by atoms with Crippen molar-refractivity contribution in [2.45, 2.75) is 52.2 Å². The lowest BCUT2D eigenvalue weighted by Crippen LogP contribution is -2.40. The van der Waals surface area contributed by atoms with E-state index in [2.05, 4.69) is 74.5 Å². The van der Waals surface area contributed by atoms with Crippen molar-refractivity contribution in [2.24, 2.45) is 0 Å². The Morgan fingerprint density at radius 3 is 2.64 bits per heavy atom. The topological polar surface area (TPSA) is 54.1 Å². The van der Waals surface area contributed by atoms with E-state index in [4.69, 9.17) is 4.43 Å². The number of hydrogen-bond donors (Lipinski definition) is 2. The number of ketones is 1. The molecule has 0 bridgehead atoms. The standard InChI is InChI=1S/C23H34N2O2Si/c1-18(26)13-15-24-16-14-20-19-10-7-8-11-21(19)25-22(20)12-9-17-27-28(5,6)23(2,3)4/h7-13,15,24-25H,14,16-17H2,1-6H3/b12-9+,15-13-. The predicted molar refractivity (Wildman–Crippen MR) is 122 cm³/mol. The van der Waals surface area contributed by atoms with Gasteiger partial charge in [-0.1, -0.05) is 45.0 Å². The molecule has 0 aliphatic heterocycles. The van der Waals surface area contributed by atoms with Gasteiger partial charge in [-0.2, -0.15) is 0 Å². The molecule has 0 saturated carbocycles. The SMILES string of the molecule is CC(=O)/C=C\NCCc1c(/C=C/CO[Si](C)(C)C(C)(C)C)[nH]c2ccccc12. The number of allylic oxidation sites excluding steroid dienone is 1. The molecule has 5 heteroatoms. The van der Waals surface area contributed by atoms with Gasteiger partial charge in [-0.05, 0) is 61.5 Å². The van der Waals surface area contributed by atoms with E-state index < -0.39 is 8.32 Å². The zero-order valence-electron chi connectivity index (χ0n) is 18.1. The van der Waals surface area contributed by atoms with Gasteiger partial charge in [0.05, 0.1) is 6.61 Å². The predicted octanol–water partition coefficient (Wildman–Crippen LogP) is 5.44. The van der Waals surface area contributed by atoms with Crippen molar-refractivity contribution in [1.29, 1.82) is 0 Å². The molecule has 0 aliphatic rings. The summed E-state index contributed by atoms with van der Waals surface area (Å²) in [4.78, 5) is 14.5. The molecular formula is C23H34N2O2Si. The Morgan fingerprint density at radius 1 is 1.25 bits per heavy atom. The summed E-state index contributed by atoms with van der Waals surface area (Å²) < 4.78 is 6.25. The van der Waals surface area contributed by atoms with Crippen LogP contribution in [-0.2, 0) is 15.6 Å². The van der Waals surface area contributed by atoms with Gasteiger partial charge in [0.2, 0.25) is 0 Å². The summed E-state index contributed by atoms with van der Waals surface area (Å²) in [6.07, 6.45) is 8.38. The van der Waals surface area contributed by atoms with Gasteiger partial charge in [0.25, 0.3) is 0 Å². The molecular weight excluding hydrogens is 364 g/mol. The Morgan fingerprint density at radius 2 is 1.96 bits per heavy atom. The maximum absolute atomic E-state index is 11.0. The van der Waals surface area contributed by atoms with Crippen LogP contribution in [0.5, 0.6) is 0 Å². The number of rotatable bonds is 9. The second kappa shape index (κ2) is 9.39. The molecule has 4 nitrogen and oxygen atoms in total. The van der Waals surface area contributed by atoms with Crippen LogP contribution in [0, 0.1) is 0 Å². The van der Waals surface area contributed by atoms with Crippen LogP contribution >= 0.6 is 0 Å². The fourth-order valence-electron chi connectivity index (χ4n) is 2.73. The van der Waals surface area contributed by atoms with Gasteiger partial charge in [0, 0.05) is 23.1 Å². The fourth-order valence-corrected chi connectivity index (χ4v) is 3.67. The number of carbonyl (C=O) groups excluding carboxylic acids is 1. The van der Waals surface area contributed by atoms with E-state index in [0.717, 1.165) is 24.2 Å². The summed E-state index contributed by atoms with van der Waals surface area (Å²) in [6, 6.07) is 8.36. The highest BCUT2D eigenvalue weighted by atomic mass is 28.4. The smallest absolute Gasteiger partial charge is 0.192 e. The monoisotopic (exact) mass is 398 g/mol. The molecule has 1 aromatic carbocycles. The normalized spacial score (nSPS) is 13.1. The molecule has 2 aromatic rings. The van der Waals surface area contributed by atoms with Crippen molar-refractivity contribution in [3.63, 3.8) is 0 Å². The van der Waals surface area contributed by atoms with E-state index in [1.54, 1.807) is 19.2 Å². The van der Waals surface area contributed by atoms with Gasteiger partial charge in [-0.15, -0.1) is 0 Å². The fraction of sp³-hybridized carbons (Fsp3) is 0.435. The summed E-state index contributed by atoms with van der Waals surface area (Å²) in [5.74, 6) is 0.0462. The van der Waals surface area contributed by atoms with Crippen LogP contribution in [0.2, 0.25) is 18.1 Å². The number of nitrogens with one attached hydrogen (secondary N) is 2. The van der Waals surface area contributed by atoms with Crippen LogP contribution in [0.4, 0.5) is 0 Å². The minimum atomic E-state index is -1.73. The Kier molecular flexibility index (Phi) is 7.44. The first-order valence-corrected chi connectivity index (χ1v) is 12.8. The van der Waals surface area contributed by atoms with Crippen LogP contribution in [-0.4, -0.2) is 32.2 Å². The number of H-pyrrole nitrogens is 1. The van der Waals surface area contributed by atoms with Crippen molar-refractivity contribution in [2.75, 3.05) is 13.2 Å². The molecule has 0 saturated heterocycles. The maximum Gasteiger partial charge on any atom is 0.192 e. The first-order valence-electron chi connectivity index (χ1n) is 9.92. The number of benzene rings is 1. The van der Waals surface area contributed by atoms with E-state index in [1.807, 2.05) is 6.07 Å². The first-order chi connectivity index (χ1) is 13.1. The quantitative estimate of drug-likeness (QED) is 0.336. The van der Waals surface area contributed by atoms with Crippen LogP contribution in [0.25, 0.3) is 17.0 Å². The van der Waals surface area contributed by atoms with Gasteiger partial charge < -0.3 is 14.7 Å². The van der Waals surface area contributed by atoms with Crippen molar-refractivity contribution in [3.05, 3.63) is 53.9 Å². The summed E-state index contributed by atoms with van der Waals surface area (Å²) in [5.41, 5.74) is 3.54. The maximum atomic E-state index is 11.0. The first kappa shape index (κ1) is 22.2. The largest absolute Gasteiger partial charge is 0.413 e. The van der Waals surface area contributed by atoms with Gasteiger partial charge in [0.15, 0.2) is 14.1 Å². The van der Waals surface area contributed by atoms with Gasteiger partial charge >= 0.3 is 0 Å². The third-order valence-electron chi connectivity index (χ3n) is 5.43. The summed E-state index contributed by atoms with van der Waals surface area (Å²) in [7, 11) is -1.73. The molecule has 2 rings (SSSR count). The van der Waals surface area contributed by atoms with E-state index in [-0.39, 0.29) is 10.8 Å². The number of para-hydroxylation sites is 1. The van der Waals surface area contributed by atoms with E-state index in [9.17, 15) is 4.79 Å². The van der Waals surface area contributed by atoms with Crippen molar-refractivity contribution < 1.29 is 9.22 Å². The molecule has 28 heavy (non-hydrogen) atoms. The van der Waals surface area contributed by atoms with Gasteiger partial charge in [-0.25, -0.2) is 0 Å². The number of aromatic amines is 1. The third-order valence-corrected chi connectivity index (χ3v) is 9.93. The molecule has 152 valence electrons. The second-order valence-corrected chi connectivity index (χ2v) is 13.5. The molecule has 0 radical (unpaired) electrons.